The smallest absolute Gasteiger partial charge is 0.244 e. The highest BCUT2D eigenvalue weighted by Gasteiger charge is 2.12. The quantitative estimate of drug-likeness (QED) is 0.491. The summed E-state index contributed by atoms with van der Waals surface area (Å²) < 4.78 is 1.91. The van der Waals surface area contributed by atoms with E-state index in [0.29, 0.717) is 10.7 Å². The van der Waals surface area contributed by atoms with Crippen LogP contribution in [0.1, 0.15) is 11.4 Å². The van der Waals surface area contributed by atoms with E-state index >= 15 is 0 Å². The van der Waals surface area contributed by atoms with Gasteiger partial charge in [0, 0.05) is 10.7 Å². The van der Waals surface area contributed by atoms with E-state index in [0.717, 1.165) is 22.4 Å². The van der Waals surface area contributed by atoms with Crippen LogP contribution >= 0.6 is 11.6 Å². The first-order chi connectivity index (χ1) is 13.7. The van der Waals surface area contributed by atoms with E-state index in [-0.39, 0.29) is 12.5 Å². The molecule has 0 atom stereocenters. The van der Waals surface area contributed by atoms with Crippen molar-refractivity contribution in [3.05, 3.63) is 95.3 Å². The third-order valence-corrected chi connectivity index (χ3v) is 4.55. The summed E-state index contributed by atoms with van der Waals surface area (Å²) in [6.07, 6.45) is 3.93. The number of carbonyl (C=O) groups is 1. The monoisotopic (exact) mass is 387 g/mol. The molecular weight excluding hydrogens is 370 g/mol. The maximum atomic E-state index is 12.6. The minimum atomic E-state index is -0.139. The Kier molecular flexibility index (Phi) is 5.22. The fourth-order valence-corrected chi connectivity index (χ4v) is 3.22. The van der Waals surface area contributed by atoms with Crippen molar-refractivity contribution in [3.8, 4) is 0 Å². The van der Waals surface area contributed by atoms with Crippen molar-refractivity contribution in [3.63, 3.8) is 0 Å². The molecule has 0 aliphatic rings. The lowest BCUT2D eigenvalue weighted by molar-refractivity contribution is -0.116. The number of rotatable bonds is 5. The topological polar surface area (TPSA) is 46.9 Å². The molecule has 0 bridgehead atoms. The molecule has 1 amide bonds. The number of nitrogens with one attached hydrogen (secondary N) is 1. The number of carbonyl (C=O) groups excluding carboxylic acids is 1. The number of hydrogen-bond acceptors (Lipinski definition) is 2. The Morgan fingerprint density at radius 2 is 1.75 bits per heavy atom. The van der Waals surface area contributed by atoms with Crippen molar-refractivity contribution in [2.24, 2.45) is 0 Å². The summed E-state index contributed by atoms with van der Waals surface area (Å²) in [7, 11) is 0. The number of fused-ring (bicyclic) bond motifs is 1. The molecule has 0 fully saturated rings. The van der Waals surface area contributed by atoms with Crippen LogP contribution in [0.2, 0.25) is 5.02 Å². The lowest BCUT2D eigenvalue weighted by Crippen LogP contribution is -2.19. The second-order valence-corrected chi connectivity index (χ2v) is 6.78. The Morgan fingerprint density at radius 1 is 0.964 bits per heavy atom. The molecule has 0 unspecified atom stereocenters. The second-order valence-electron chi connectivity index (χ2n) is 6.35. The van der Waals surface area contributed by atoms with Gasteiger partial charge in [-0.25, -0.2) is 4.98 Å². The van der Waals surface area contributed by atoms with Crippen molar-refractivity contribution in [2.45, 2.75) is 6.54 Å². The van der Waals surface area contributed by atoms with E-state index in [2.05, 4.69) is 10.3 Å². The van der Waals surface area contributed by atoms with E-state index in [1.165, 1.54) is 0 Å². The highest BCUT2D eigenvalue weighted by Crippen LogP contribution is 2.19. The van der Waals surface area contributed by atoms with Crippen molar-refractivity contribution in [1.29, 1.82) is 0 Å². The van der Waals surface area contributed by atoms with Gasteiger partial charge in [-0.2, -0.15) is 0 Å². The van der Waals surface area contributed by atoms with Crippen molar-refractivity contribution in [1.82, 2.24) is 9.55 Å². The van der Waals surface area contributed by atoms with Gasteiger partial charge in [-0.3, -0.25) is 4.79 Å². The molecular formula is C23H18ClN3O. The first-order valence-corrected chi connectivity index (χ1v) is 9.31. The van der Waals surface area contributed by atoms with Crippen LogP contribution < -0.4 is 5.32 Å². The van der Waals surface area contributed by atoms with Gasteiger partial charge in [-0.1, -0.05) is 66.2 Å². The Balaban J connectivity index is 1.63. The molecule has 3 aromatic carbocycles. The summed E-state index contributed by atoms with van der Waals surface area (Å²) in [4.78, 5) is 17.3. The van der Waals surface area contributed by atoms with Crippen molar-refractivity contribution >= 4 is 46.4 Å². The number of halogens is 1. The largest absolute Gasteiger partial charge is 0.324 e. The van der Waals surface area contributed by atoms with Crippen LogP contribution in [-0.2, 0) is 11.3 Å². The van der Waals surface area contributed by atoms with Crippen LogP contribution in [0.25, 0.3) is 23.2 Å². The Bertz CT molecular complexity index is 1150. The summed E-state index contributed by atoms with van der Waals surface area (Å²) in [5.41, 5.74) is 3.51. The summed E-state index contributed by atoms with van der Waals surface area (Å²) in [5, 5.41) is 3.47. The van der Waals surface area contributed by atoms with Gasteiger partial charge in [0.2, 0.25) is 5.91 Å². The SMILES string of the molecule is O=C(Cn1c(/C=C/c2ccccc2)nc2ccccc21)Nc1cccc(Cl)c1. The molecule has 28 heavy (non-hydrogen) atoms. The Labute approximate surface area is 168 Å². The highest BCUT2D eigenvalue weighted by atomic mass is 35.5. The minimum absolute atomic E-state index is 0.139. The number of imidazole rings is 1. The number of anilines is 1. The fourth-order valence-electron chi connectivity index (χ4n) is 3.03. The number of benzene rings is 3. The molecule has 1 heterocycles. The van der Waals surface area contributed by atoms with Gasteiger partial charge in [-0.15, -0.1) is 0 Å². The number of hydrogen-bond donors (Lipinski definition) is 1. The number of aromatic nitrogens is 2. The highest BCUT2D eigenvalue weighted by molar-refractivity contribution is 6.30. The predicted octanol–water partition coefficient (Wildman–Crippen LogP) is 5.50. The van der Waals surface area contributed by atoms with E-state index in [1.807, 2.05) is 77.4 Å². The lowest BCUT2D eigenvalue weighted by Gasteiger charge is -2.09. The summed E-state index contributed by atoms with van der Waals surface area (Å²) in [5.74, 6) is 0.589. The molecule has 4 rings (SSSR count). The standard InChI is InChI=1S/C23H18ClN3O/c24-18-9-6-10-19(15-18)25-23(28)16-27-21-12-5-4-11-20(21)26-22(27)14-13-17-7-2-1-3-8-17/h1-15H,16H2,(H,25,28)/b14-13+. The molecule has 4 aromatic rings. The molecule has 5 heteroatoms. The van der Waals surface area contributed by atoms with Gasteiger partial charge in [0.05, 0.1) is 11.0 Å². The normalized spacial score (nSPS) is 11.2. The summed E-state index contributed by atoms with van der Waals surface area (Å²) in [6.45, 7) is 0.154. The zero-order chi connectivity index (χ0) is 19.3. The predicted molar refractivity (Wildman–Crippen MR) is 115 cm³/mol. The van der Waals surface area contributed by atoms with Crippen LogP contribution in [0.3, 0.4) is 0 Å². The van der Waals surface area contributed by atoms with Crippen LogP contribution in [0, 0.1) is 0 Å². The molecule has 1 aromatic heterocycles. The van der Waals surface area contributed by atoms with Gasteiger partial charge in [0.1, 0.15) is 12.4 Å². The van der Waals surface area contributed by atoms with Gasteiger partial charge >= 0.3 is 0 Å². The molecule has 1 N–H and O–H groups in total. The van der Waals surface area contributed by atoms with Crippen LogP contribution in [0.15, 0.2) is 78.9 Å². The average Bonchev–Trinajstić information content (AvgIpc) is 3.05. The molecule has 0 spiro atoms. The van der Waals surface area contributed by atoms with E-state index in [9.17, 15) is 4.79 Å². The van der Waals surface area contributed by atoms with Crippen LogP contribution in [-0.4, -0.2) is 15.5 Å². The van der Waals surface area contributed by atoms with Crippen LogP contribution in [0.4, 0.5) is 5.69 Å². The maximum Gasteiger partial charge on any atom is 0.244 e. The van der Waals surface area contributed by atoms with Gasteiger partial charge in [-0.05, 0) is 42.0 Å². The molecule has 138 valence electrons. The van der Waals surface area contributed by atoms with Gasteiger partial charge in [0.25, 0.3) is 0 Å². The molecule has 0 radical (unpaired) electrons. The zero-order valence-corrected chi connectivity index (χ0v) is 15.8. The second kappa shape index (κ2) is 8.11. The van der Waals surface area contributed by atoms with Crippen LogP contribution in [0.5, 0.6) is 0 Å². The Hall–Kier alpha value is -3.37. The molecule has 0 aliphatic heterocycles. The van der Waals surface area contributed by atoms with E-state index in [1.54, 1.807) is 18.2 Å². The first kappa shape index (κ1) is 18.0. The summed E-state index contributed by atoms with van der Waals surface area (Å²) >= 11 is 6.00. The lowest BCUT2D eigenvalue weighted by atomic mass is 10.2. The third kappa shape index (κ3) is 4.13. The fraction of sp³-hybridized carbons (Fsp3) is 0.0435. The van der Waals surface area contributed by atoms with E-state index < -0.39 is 0 Å². The van der Waals surface area contributed by atoms with Gasteiger partial charge in [0.15, 0.2) is 0 Å². The number of amides is 1. The maximum absolute atomic E-state index is 12.6. The van der Waals surface area contributed by atoms with E-state index in [4.69, 9.17) is 11.6 Å². The number of nitrogens with zero attached hydrogens (tertiary/aromatic N) is 2. The molecule has 0 saturated heterocycles. The molecule has 4 nitrogen and oxygen atoms in total. The average molecular weight is 388 g/mol. The zero-order valence-electron chi connectivity index (χ0n) is 15.0. The number of para-hydroxylation sites is 2. The molecule has 0 saturated carbocycles. The minimum Gasteiger partial charge on any atom is -0.324 e. The summed E-state index contributed by atoms with van der Waals surface area (Å²) in [6, 6.07) is 24.9. The van der Waals surface area contributed by atoms with Gasteiger partial charge < -0.3 is 9.88 Å². The molecule has 0 aliphatic carbocycles. The third-order valence-electron chi connectivity index (χ3n) is 4.32. The first-order valence-electron chi connectivity index (χ1n) is 8.93. The van der Waals surface area contributed by atoms with Crippen molar-refractivity contribution < 1.29 is 4.79 Å². The Morgan fingerprint density at radius 3 is 2.57 bits per heavy atom. The van der Waals surface area contributed by atoms with Crippen molar-refractivity contribution in [2.75, 3.05) is 5.32 Å².